The van der Waals surface area contributed by atoms with E-state index >= 15 is 0 Å². The highest BCUT2D eigenvalue weighted by atomic mass is 35.5. The van der Waals surface area contributed by atoms with Gasteiger partial charge in [0.05, 0.1) is 6.42 Å². The number of nitrogens with zero attached hydrogens (tertiary/aromatic N) is 2. The third-order valence-electron chi connectivity index (χ3n) is 5.58. The topological polar surface area (TPSA) is 23.6 Å². The van der Waals surface area contributed by atoms with Gasteiger partial charge in [-0.05, 0) is 36.1 Å². The highest BCUT2D eigenvalue weighted by Crippen LogP contribution is 2.26. The van der Waals surface area contributed by atoms with Crippen molar-refractivity contribution in [3.63, 3.8) is 0 Å². The van der Waals surface area contributed by atoms with Gasteiger partial charge in [0.15, 0.2) is 0 Å². The molecule has 0 spiro atoms. The summed E-state index contributed by atoms with van der Waals surface area (Å²) in [6, 6.07) is 13.5. The molecule has 0 radical (unpaired) electrons. The SMILES string of the molecule is O=C(Cc1c(F)cccc1Cl)N1CCC(N2CCc3ccccc3C2)C1. The average molecular weight is 373 g/mol. The number of rotatable bonds is 3. The summed E-state index contributed by atoms with van der Waals surface area (Å²) < 4.78 is 13.9. The quantitative estimate of drug-likeness (QED) is 0.820. The lowest BCUT2D eigenvalue weighted by Crippen LogP contribution is -2.41. The van der Waals surface area contributed by atoms with Crippen LogP contribution in [0.1, 0.15) is 23.1 Å². The standard InChI is InChI=1S/C21H22ClFN2O/c22-19-6-3-7-20(23)18(19)12-21(26)25-11-9-17(14-25)24-10-8-15-4-1-2-5-16(15)13-24/h1-7,17H,8-14H2. The van der Waals surface area contributed by atoms with Crippen LogP contribution in [0, 0.1) is 5.82 Å². The van der Waals surface area contributed by atoms with Gasteiger partial charge in [-0.1, -0.05) is 41.9 Å². The number of fused-ring (bicyclic) bond motifs is 1. The number of likely N-dealkylation sites (tertiary alicyclic amines) is 1. The Morgan fingerprint density at radius 3 is 2.73 bits per heavy atom. The van der Waals surface area contributed by atoms with Gasteiger partial charge in [0.1, 0.15) is 5.82 Å². The maximum absolute atomic E-state index is 13.9. The molecular formula is C21H22ClFN2O. The van der Waals surface area contributed by atoms with Crippen molar-refractivity contribution in [1.29, 1.82) is 0 Å². The minimum Gasteiger partial charge on any atom is -0.341 e. The summed E-state index contributed by atoms with van der Waals surface area (Å²) in [5, 5.41) is 0.321. The van der Waals surface area contributed by atoms with Crippen LogP contribution in [0.5, 0.6) is 0 Å². The third kappa shape index (κ3) is 3.49. The molecule has 1 atom stereocenters. The van der Waals surface area contributed by atoms with Gasteiger partial charge in [0, 0.05) is 42.8 Å². The van der Waals surface area contributed by atoms with Gasteiger partial charge in [-0.15, -0.1) is 0 Å². The van der Waals surface area contributed by atoms with Crippen LogP contribution in [0.15, 0.2) is 42.5 Å². The highest BCUT2D eigenvalue weighted by molar-refractivity contribution is 6.31. The molecule has 1 unspecified atom stereocenters. The summed E-state index contributed by atoms with van der Waals surface area (Å²) in [5.41, 5.74) is 3.13. The van der Waals surface area contributed by atoms with E-state index in [1.807, 2.05) is 4.90 Å². The van der Waals surface area contributed by atoms with Gasteiger partial charge in [-0.25, -0.2) is 4.39 Å². The Bertz CT molecular complexity index is 805. The number of amides is 1. The minimum atomic E-state index is -0.408. The smallest absolute Gasteiger partial charge is 0.227 e. The van der Waals surface area contributed by atoms with Crippen LogP contribution in [0.3, 0.4) is 0 Å². The van der Waals surface area contributed by atoms with Gasteiger partial charge in [0.2, 0.25) is 5.91 Å². The van der Waals surface area contributed by atoms with Crippen molar-refractivity contribution in [2.45, 2.75) is 31.8 Å². The zero-order valence-electron chi connectivity index (χ0n) is 14.6. The molecule has 0 N–H and O–H groups in total. The molecule has 0 bridgehead atoms. The summed E-state index contributed by atoms with van der Waals surface area (Å²) in [4.78, 5) is 17.0. The molecular weight excluding hydrogens is 351 g/mol. The molecule has 0 saturated carbocycles. The van der Waals surface area contributed by atoms with Crippen molar-refractivity contribution in [3.05, 3.63) is 70.0 Å². The second kappa shape index (κ2) is 7.37. The predicted octanol–water partition coefficient (Wildman–Crippen LogP) is 3.68. The van der Waals surface area contributed by atoms with E-state index in [2.05, 4.69) is 29.2 Å². The van der Waals surface area contributed by atoms with Crippen molar-refractivity contribution in [2.75, 3.05) is 19.6 Å². The van der Waals surface area contributed by atoms with Crippen LogP contribution in [-0.4, -0.2) is 41.4 Å². The van der Waals surface area contributed by atoms with E-state index in [9.17, 15) is 9.18 Å². The fourth-order valence-electron chi connectivity index (χ4n) is 4.06. The van der Waals surface area contributed by atoms with Gasteiger partial charge in [-0.2, -0.15) is 0 Å². The first kappa shape index (κ1) is 17.5. The van der Waals surface area contributed by atoms with Crippen molar-refractivity contribution < 1.29 is 9.18 Å². The Labute approximate surface area is 158 Å². The molecule has 136 valence electrons. The number of benzene rings is 2. The maximum Gasteiger partial charge on any atom is 0.227 e. The van der Waals surface area contributed by atoms with Gasteiger partial charge in [0.25, 0.3) is 0 Å². The normalized spacial score (nSPS) is 20.2. The van der Waals surface area contributed by atoms with E-state index in [1.54, 1.807) is 12.1 Å². The Morgan fingerprint density at radius 2 is 1.92 bits per heavy atom. The zero-order chi connectivity index (χ0) is 18.1. The predicted molar refractivity (Wildman–Crippen MR) is 101 cm³/mol. The van der Waals surface area contributed by atoms with Crippen LogP contribution in [0.25, 0.3) is 0 Å². The number of carbonyl (C=O) groups excluding carboxylic acids is 1. The summed E-state index contributed by atoms with van der Waals surface area (Å²) in [5.74, 6) is -0.453. The Hall–Kier alpha value is -1.91. The highest BCUT2D eigenvalue weighted by Gasteiger charge is 2.32. The number of hydrogen-bond donors (Lipinski definition) is 0. The fraction of sp³-hybridized carbons (Fsp3) is 0.381. The van der Waals surface area contributed by atoms with Crippen LogP contribution in [0.4, 0.5) is 4.39 Å². The van der Waals surface area contributed by atoms with Gasteiger partial charge >= 0.3 is 0 Å². The lowest BCUT2D eigenvalue weighted by Gasteiger charge is -2.33. The molecule has 1 fully saturated rings. The lowest BCUT2D eigenvalue weighted by molar-refractivity contribution is -0.129. The van der Waals surface area contributed by atoms with E-state index in [1.165, 1.54) is 17.2 Å². The molecule has 2 aliphatic rings. The van der Waals surface area contributed by atoms with E-state index in [4.69, 9.17) is 11.6 Å². The summed E-state index contributed by atoms with van der Waals surface area (Å²) in [7, 11) is 0. The molecule has 3 nitrogen and oxygen atoms in total. The van der Waals surface area contributed by atoms with Crippen molar-refractivity contribution in [3.8, 4) is 0 Å². The molecule has 1 amide bonds. The second-order valence-corrected chi connectivity index (χ2v) is 7.56. The average Bonchev–Trinajstić information content (AvgIpc) is 3.15. The molecule has 4 rings (SSSR count). The Morgan fingerprint density at radius 1 is 1.12 bits per heavy atom. The molecule has 2 aromatic rings. The van der Waals surface area contributed by atoms with Crippen molar-refractivity contribution >= 4 is 17.5 Å². The molecule has 0 aromatic heterocycles. The summed E-state index contributed by atoms with van der Waals surface area (Å²) in [6.07, 6.45) is 2.06. The molecule has 5 heteroatoms. The van der Waals surface area contributed by atoms with E-state index in [0.29, 0.717) is 23.2 Å². The molecule has 2 aliphatic heterocycles. The Kier molecular flexibility index (Phi) is 4.96. The third-order valence-corrected chi connectivity index (χ3v) is 5.94. The zero-order valence-corrected chi connectivity index (χ0v) is 15.4. The largest absolute Gasteiger partial charge is 0.341 e. The number of carbonyl (C=O) groups is 1. The lowest BCUT2D eigenvalue weighted by atomic mass is 9.98. The van der Waals surface area contributed by atoms with E-state index < -0.39 is 5.82 Å². The summed E-state index contributed by atoms with van der Waals surface area (Å²) >= 11 is 6.06. The summed E-state index contributed by atoms with van der Waals surface area (Å²) in [6.45, 7) is 3.42. The van der Waals surface area contributed by atoms with Crippen LogP contribution < -0.4 is 0 Å². The molecule has 1 saturated heterocycles. The van der Waals surface area contributed by atoms with Crippen molar-refractivity contribution in [2.24, 2.45) is 0 Å². The van der Waals surface area contributed by atoms with Crippen LogP contribution >= 0.6 is 11.6 Å². The van der Waals surface area contributed by atoms with Crippen molar-refractivity contribution in [1.82, 2.24) is 9.80 Å². The van der Waals surface area contributed by atoms with E-state index in [-0.39, 0.29) is 12.3 Å². The first-order chi connectivity index (χ1) is 12.6. The maximum atomic E-state index is 13.9. The first-order valence-corrected chi connectivity index (χ1v) is 9.51. The number of hydrogen-bond acceptors (Lipinski definition) is 2. The monoisotopic (exact) mass is 372 g/mol. The molecule has 26 heavy (non-hydrogen) atoms. The molecule has 2 aromatic carbocycles. The minimum absolute atomic E-state index is 0.0288. The molecule has 2 heterocycles. The molecule has 0 aliphatic carbocycles. The van der Waals surface area contributed by atoms with Gasteiger partial charge in [-0.3, -0.25) is 9.69 Å². The Balaban J connectivity index is 1.39. The van der Waals surface area contributed by atoms with E-state index in [0.717, 1.165) is 32.5 Å². The van der Waals surface area contributed by atoms with Crippen LogP contribution in [-0.2, 0) is 24.2 Å². The fourth-order valence-corrected chi connectivity index (χ4v) is 4.29. The first-order valence-electron chi connectivity index (χ1n) is 9.13. The number of halogens is 2. The van der Waals surface area contributed by atoms with Crippen LogP contribution in [0.2, 0.25) is 5.02 Å². The van der Waals surface area contributed by atoms with Gasteiger partial charge < -0.3 is 4.90 Å². The second-order valence-electron chi connectivity index (χ2n) is 7.15.